The molecular formula is C12H14N2O3S2. The monoisotopic (exact) mass is 298 g/mol. The number of benzene rings is 1. The molecule has 0 radical (unpaired) electrons. The van der Waals surface area contributed by atoms with Gasteiger partial charge in [0.25, 0.3) is 0 Å². The first-order valence-corrected chi connectivity index (χ1v) is 7.91. The summed E-state index contributed by atoms with van der Waals surface area (Å²) in [5.74, 6) is 0.581. The van der Waals surface area contributed by atoms with Gasteiger partial charge in [-0.2, -0.15) is 0 Å². The molecule has 1 heterocycles. The highest BCUT2D eigenvalue weighted by atomic mass is 32.2. The van der Waals surface area contributed by atoms with Gasteiger partial charge in [-0.05, 0) is 38.1 Å². The first-order valence-electron chi connectivity index (χ1n) is 5.55. The molecule has 2 N–H and O–H groups in total. The quantitative estimate of drug-likeness (QED) is 0.935. The van der Waals surface area contributed by atoms with Crippen molar-refractivity contribution in [2.75, 3.05) is 0 Å². The van der Waals surface area contributed by atoms with Gasteiger partial charge in [0.05, 0.1) is 10.6 Å². The van der Waals surface area contributed by atoms with Crippen molar-refractivity contribution in [3.8, 4) is 5.75 Å². The topological polar surface area (TPSA) is 82.3 Å². The van der Waals surface area contributed by atoms with E-state index in [4.69, 9.17) is 9.88 Å². The fourth-order valence-corrected chi connectivity index (χ4v) is 2.83. The molecule has 19 heavy (non-hydrogen) atoms. The first kappa shape index (κ1) is 14.0. The van der Waals surface area contributed by atoms with Crippen LogP contribution in [0.4, 0.5) is 0 Å². The summed E-state index contributed by atoms with van der Waals surface area (Å²) < 4.78 is 27.7. The summed E-state index contributed by atoms with van der Waals surface area (Å²) in [4.78, 5) is 5.60. The summed E-state index contributed by atoms with van der Waals surface area (Å²) in [7, 11) is -3.65. The van der Waals surface area contributed by atoms with Crippen LogP contribution in [0.2, 0.25) is 0 Å². The molecule has 0 bridgehead atoms. The maximum atomic E-state index is 11.1. The fourth-order valence-electron chi connectivity index (χ4n) is 1.47. The maximum Gasteiger partial charge on any atom is 0.238 e. The van der Waals surface area contributed by atoms with E-state index in [-0.39, 0.29) is 4.90 Å². The second kappa shape index (κ2) is 5.28. The highest BCUT2D eigenvalue weighted by molar-refractivity contribution is 7.89. The van der Waals surface area contributed by atoms with E-state index in [9.17, 15) is 8.42 Å². The Morgan fingerprint density at radius 1 is 1.26 bits per heavy atom. The van der Waals surface area contributed by atoms with E-state index in [1.54, 1.807) is 23.5 Å². The van der Waals surface area contributed by atoms with Gasteiger partial charge in [0.1, 0.15) is 17.4 Å². The molecule has 0 fully saturated rings. The number of aromatic nitrogens is 1. The molecule has 2 aromatic rings. The normalized spacial score (nSPS) is 11.5. The zero-order valence-electron chi connectivity index (χ0n) is 10.6. The van der Waals surface area contributed by atoms with Crippen molar-refractivity contribution in [1.82, 2.24) is 4.98 Å². The van der Waals surface area contributed by atoms with Gasteiger partial charge >= 0.3 is 0 Å². The highest BCUT2D eigenvalue weighted by Crippen LogP contribution is 2.20. The summed E-state index contributed by atoms with van der Waals surface area (Å²) in [6.45, 7) is 4.34. The van der Waals surface area contributed by atoms with Crippen LogP contribution in [0, 0.1) is 13.8 Å². The number of aryl methyl sites for hydroxylation is 2. The fraction of sp³-hybridized carbons (Fsp3) is 0.250. The van der Waals surface area contributed by atoms with E-state index in [0.29, 0.717) is 12.4 Å². The third-order valence-electron chi connectivity index (χ3n) is 2.59. The minimum atomic E-state index is -3.65. The van der Waals surface area contributed by atoms with Gasteiger partial charge in [0.15, 0.2) is 0 Å². The van der Waals surface area contributed by atoms with Gasteiger partial charge < -0.3 is 4.74 Å². The van der Waals surface area contributed by atoms with E-state index < -0.39 is 10.0 Å². The van der Waals surface area contributed by atoms with Crippen LogP contribution >= 0.6 is 11.3 Å². The van der Waals surface area contributed by atoms with Gasteiger partial charge in [-0.3, -0.25) is 0 Å². The van der Waals surface area contributed by atoms with E-state index in [1.165, 1.54) is 17.0 Å². The Kier molecular flexibility index (Phi) is 3.88. The van der Waals surface area contributed by atoms with Crippen LogP contribution in [-0.2, 0) is 16.6 Å². The second-order valence-electron chi connectivity index (χ2n) is 4.05. The summed E-state index contributed by atoms with van der Waals surface area (Å²) in [5, 5.41) is 5.91. The molecule has 0 amide bonds. The molecule has 0 saturated heterocycles. The summed E-state index contributed by atoms with van der Waals surface area (Å²) in [5.41, 5.74) is 1.01. The lowest BCUT2D eigenvalue weighted by atomic mass is 10.3. The van der Waals surface area contributed by atoms with Gasteiger partial charge in [-0.1, -0.05) is 0 Å². The van der Waals surface area contributed by atoms with Gasteiger partial charge in [0.2, 0.25) is 10.0 Å². The average Bonchev–Trinajstić information content (AvgIpc) is 2.66. The van der Waals surface area contributed by atoms with Crippen LogP contribution in [0.1, 0.15) is 15.6 Å². The van der Waals surface area contributed by atoms with Crippen molar-refractivity contribution in [3.63, 3.8) is 0 Å². The predicted octanol–water partition coefficient (Wildman–Crippen LogP) is 1.99. The van der Waals surface area contributed by atoms with Gasteiger partial charge in [0, 0.05) is 4.88 Å². The molecule has 0 atom stereocenters. The number of primary sulfonamides is 1. The van der Waals surface area contributed by atoms with Crippen molar-refractivity contribution < 1.29 is 13.2 Å². The number of hydrogen-bond acceptors (Lipinski definition) is 5. The Morgan fingerprint density at radius 3 is 2.37 bits per heavy atom. The number of thiazole rings is 1. The van der Waals surface area contributed by atoms with Crippen molar-refractivity contribution in [3.05, 3.63) is 39.8 Å². The zero-order chi connectivity index (χ0) is 14.0. The summed E-state index contributed by atoms with van der Waals surface area (Å²) >= 11 is 1.59. The Labute approximate surface area is 116 Å². The lowest BCUT2D eigenvalue weighted by molar-refractivity contribution is 0.305. The standard InChI is InChI=1S/C12H14N2O3S2/c1-8-9(2)18-12(14-8)7-17-10-3-5-11(6-4-10)19(13,15)16/h3-6H,7H2,1-2H3,(H2,13,15,16). The van der Waals surface area contributed by atoms with E-state index in [2.05, 4.69) is 4.98 Å². The van der Waals surface area contributed by atoms with E-state index in [0.717, 1.165) is 10.7 Å². The molecule has 1 aromatic carbocycles. The number of nitrogens with zero attached hydrogens (tertiary/aromatic N) is 1. The molecule has 5 nitrogen and oxygen atoms in total. The number of nitrogens with two attached hydrogens (primary N) is 1. The molecule has 0 spiro atoms. The van der Waals surface area contributed by atoms with Crippen molar-refractivity contribution in [2.24, 2.45) is 5.14 Å². The lowest BCUT2D eigenvalue weighted by Gasteiger charge is -2.04. The van der Waals surface area contributed by atoms with E-state index in [1.807, 2.05) is 13.8 Å². The SMILES string of the molecule is Cc1nc(COc2ccc(S(N)(=O)=O)cc2)sc1C. The van der Waals surface area contributed by atoms with Crippen LogP contribution < -0.4 is 9.88 Å². The average molecular weight is 298 g/mol. The summed E-state index contributed by atoms with van der Waals surface area (Å²) in [6.07, 6.45) is 0. The maximum absolute atomic E-state index is 11.1. The smallest absolute Gasteiger partial charge is 0.238 e. The number of ether oxygens (including phenoxy) is 1. The molecule has 0 aliphatic heterocycles. The lowest BCUT2D eigenvalue weighted by Crippen LogP contribution is -2.11. The molecule has 0 unspecified atom stereocenters. The Balaban J connectivity index is 2.04. The third-order valence-corrected chi connectivity index (χ3v) is 4.56. The molecule has 102 valence electrons. The number of sulfonamides is 1. The van der Waals surface area contributed by atoms with Crippen LogP contribution in [0.15, 0.2) is 29.2 Å². The largest absolute Gasteiger partial charge is 0.486 e. The highest BCUT2D eigenvalue weighted by Gasteiger charge is 2.08. The molecule has 0 saturated carbocycles. The first-order chi connectivity index (χ1) is 8.86. The van der Waals surface area contributed by atoms with Gasteiger partial charge in [-0.15, -0.1) is 11.3 Å². The van der Waals surface area contributed by atoms with Crippen LogP contribution in [0.5, 0.6) is 5.75 Å². The molecule has 7 heteroatoms. The second-order valence-corrected chi connectivity index (χ2v) is 6.90. The Morgan fingerprint density at radius 2 is 1.89 bits per heavy atom. The Bertz CT molecular complexity index is 656. The van der Waals surface area contributed by atoms with Crippen molar-refractivity contribution in [2.45, 2.75) is 25.3 Å². The van der Waals surface area contributed by atoms with Crippen LogP contribution in [0.3, 0.4) is 0 Å². The third kappa shape index (κ3) is 3.52. The van der Waals surface area contributed by atoms with Gasteiger partial charge in [-0.25, -0.2) is 18.5 Å². The van der Waals surface area contributed by atoms with E-state index >= 15 is 0 Å². The minimum absolute atomic E-state index is 0.0702. The minimum Gasteiger partial charge on any atom is -0.486 e. The van der Waals surface area contributed by atoms with Crippen molar-refractivity contribution in [1.29, 1.82) is 0 Å². The number of rotatable bonds is 4. The molecule has 1 aromatic heterocycles. The molecule has 0 aliphatic carbocycles. The molecular weight excluding hydrogens is 284 g/mol. The van der Waals surface area contributed by atoms with Crippen molar-refractivity contribution >= 4 is 21.4 Å². The van der Waals surface area contributed by atoms with Crippen LogP contribution in [0.25, 0.3) is 0 Å². The molecule has 0 aliphatic rings. The molecule has 2 rings (SSSR count). The number of hydrogen-bond donors (Lipinski definition) is 1. The zero-order valence-corrected chi connectivity index (χ0v) is 12.2. The Hall–Kier alpha value is -1.44. The summed E-state index contributed by atoms with van der Waals surface area (Å²) in [6, 6.07) is 5.99. The predicted molar refractivity (Wildman–Crippen MR) is 73.7 cm³/mol. The van der Waals surface area contributed by atoms with Crippen LogP contribution in [-0.4, -0.2) is 13.4 Å².